The second-order valence-corrected chi connectivity index (χ2v) is 11.0. The van der Waals surface area contributed by atoms with Gasteiger partial charge >= 0.3 is 0 Å². The summed E-state index contributed by atoms with van der Waals surface area (Å²) in [5.41, 5.74) is 0. The van der Waals surface area contributed by atoms with E-state index in [1.807, 2.05) is 55.4 Å². The summed E-state index contributed by atoms with van der Waals surface area (Å²) in [7, 11) is 0. The second kappa shape index (κ2) is 20.2. The molecule has 10 nitrogen and oxygen atoms in total. The Morgan fingerprint density at radius 2 is 0.976 bits per heavy atom. The van der Waals surface area contributed by atoms with Gasteiger partial charge in [-0.05, 0) is 40.5 Å². The zero-order valence-electron chi connectivity index (χ0n) is 28.0. The fourth-order valence-electron chi connectivity index (χ4n) is 4.46. The first-order valence-electron chi connectivity index (χ1n) is 16.3. The third kappa shape index (κ3) is 13.8. The molecule has 0 unspecified atom stereocenters. The van der Waals surface area contributed by atoms with Crippen LogP contribution in [-0.4, -0.2) is 78.1 Å². The molecule has 2 saturated heterocycles. The van der Waals surface area contributed by atoms with Crippen LogP contribution in [0.4, 0.5) is 17.8 Å². The number of hydrogen-bond acceptors (Lipinski definition) is 10. The molecule has 0 spiro atoms. The van der Waals surface area contributed by atoms with Gasteiger partial charge in [0.25, 0.3) is 0 Å². The predicted molar refractivity (Wildman–Crippen MR) is 170 cm³/mol. The van der Waals surface area contributed by atoms with Crippen molar-refractivity contribution in [3.8, 4) is 0 Å². The first-order chi connectivity index (χ1) is 19.7. The number of hydrogen-bond donors (Lipinski definition) is 2. The lowest BCUT2D eigenvalue weighted by Crippen LogP contribution is -2.59. The third-order valence-corrected chi connectivity index (χ3v) is 6.76. The lowest BCUT2D eigenvalue weighted by Gasteiger charge is -2.46. The molecule has 0 aliphatic carbocycles. The number of aromatic nitrogens is 3. The van der Waals surface area contributed by atoms with Gasteiger partial charge in [-0.2, -0.15) is 15.0 Å². The van der Waals surface area contributed by atoms with Crippen molar-refractivity contribution >= 4 is 17.8 Å². The minimum absolute atomic E-state index is 0.0800. The van der Waals surface area contributed by atoms with Crippen molar-refractivity contribution in [1.82, 2.24) is 15.0 Å². The van der Waals surface area contributed by atoms with Crippen LogP contribution in [0.3, 0.4) is 0 Å². The summed E-state index contributed by atoms with van der Waals surface area (Å²) in [5, 5.41) is 6.86. The standard InChI is InChI=1S/C27H50N6O4.2C2H6/c1-7-9-11-13-15-28-23-30-24(29-16-14-12-10-8-2)32-25(31-23)33(21-17-34-26(3,4)35-18-21)22-19-36-27(5,6)37-20-22;2*1-2/h21-22H,7-20H2,1-6H3,(H2,28,29,30,31,32);2*1-2H3. The van der Waals surface area contributed by atoms with Crippen molar-refractivity contribution < 1.29 is 18.9 Å². The third-order valence-electron chi connectivity index (χ3n) is 6.76. The van der Waals surface area contributed by atoms with Gasteiger partial charge in [-0.1, -0.05) is 80.1 Å². The predicted octanol–water partition coefficient (Wildman–Crippen LogP) is 7.02. The molecule has 1 aromatic rings. The zero-order chi connectivity index (χ0) is 30.7. The lowest BCUT2D eigenvalue weighted by atomic mass is 10.1. The van der Waals surface area contributed by atoms with E-state index in [0.717, 1.165) is 25.9 Å². The smallest absolute Gasteiger partial charge is 0.232 e. The molecule has 3 heterocycles. The summed E-state index contributed by atoms with van der Waals surface area (Å²) in [6, 6.07) is -0.160. The molecule has 0 aromatic carbocycles. The Kier molecular flexibility index (Phi) is 18.4. The quantitative estimate of drug-likeness (QED) is 0.210. The van der Waals surface area contributed by atoms with Crippen LogP contribution in [-0.2, 0) is 18.9 Å². The fraction of sp³-hybridized carbons (Fsp3) is 0.903. The van der Waals surface area contributed by atoms with Crippen LogP contribution in [0.25, 0.3) is 0 Å². The maximum Gasteiger partial charge on any atom is 0.232 e. The van der Waals surface area contributed by atoms with Gasteiger partial charge in [0.15, 0.2) is 11.6 Å². The van der Waals surface area contributed by atoms with E-state index >= 15 is 0 Å². The summed E-state index contributed by atoms with van der Waals surface area (Å²) >= 11 is 0. The van der Waals surface area contributed by atoms with Gasteiger partial charge in [0, 0.05) is 13.1 Å². The Balaban J connectivity index is 0.00000201. The Hall–Kier alpha value is -1.75. The first-order valence-corrected chi connectivity index (χ1v) is 16.3. The minimum atomic E-state index is -0.612. The van der Waals surface area contributed by atoms with Crippen molar-refractivity contribution in [2.45, 2.75) is 144 Å². The molecule has 0 amide bonds. The molecule has 10 heteroatoms. The van der Waals surface area contributed by atoms with Gasteiger partial charge in [-0.3, -0.25) is 0 Å². The van der Waals surface area contributed by atoms with Crippen LogP contribution in [0.5, 0.6) is 0 Å². The highest BCUT2D eigenvalue weighted by molar-refractivity contribution is 5.45. The molecule has 41 heavy (non-hydrogen) atoms. The molecule has 2 aliphatic rings. The monoisotopic (exact) mass is 582 g/mol. The molecule has 2 aliphatic heterocycles. The maximum absolute atomic E-state index is 6.03. The average Bonchev–Trinajstić information content (AvgIpc) is 2.97. The average molecular weight is 583 g/mol. The van der Waals surface area contributed by atoms with E-state index in [-0.39, 0.29) is 12.1 Å². The van der Waals surface area contributed by atoms with Crippen molar-refractivity contribution in [1.29, 1.82) is 0 Å². The minimum Gasteiger partial charge on any atom is -0.354 e. The van der Waals surface area contributed by atoms with Crippen LogP contribution < -0.4 is 15.5 Å². The van der Waals surface area contributed by atoms with Gasteiger partial charge in [-0.25, -0.2) is 0 Å². The molecule has 2 fully saturated rings. The highest BCUT2D eigenvalue weighted by atomic mass is 16.7. The van der Waals surface area contributed by atoms with E-state index < -0.39 is 11.6 Å². The Morgan fingerprint density at radius 1 is 0.610 bits per heavy atom. The van der Waals surface area contributed by atoms with E-state index in [9.17, 15) is 0 Å². The molecule has 3 rings (SSSR count). The molecule has 0 atom stereocenters. The molecule has 0 bridgehead atoms. The van der Waals surface area contributed by atoms with Crippen molar-refractivity contribution in [3.63, 3.8) is 0 Å². The largest absolute Gasteiger partial charge is 0.354 e. The highest BCUT2D eigenvalue weighted by Gasteiger charge is 2.40. The summed E-state index contributed by atoms with van der Waals surface area (Å²) < 4.78 is 24.1. The van der Waals surface area contributed by atoms with E-state index in [4.69, 9.17) is 33.9 Å². The lowest BCUT2D eigenvalue weighted by molar-refractivity contribution is -0.261. The summed E-state index contributed by atoms with van der Waals surface area (Å²) in [5.74, 6) is 0.520. The normalized spacial score (nSPS) is 18.4. The first kappa shape index (κ1) is 37.3. The number of rotatable bonds is 15. The van der Waals surface area contributed by atoms with Crippen LogP contribution in [0.2, 0.25) is 0 Å². The van der Waals surface area contributed by atoms with Gasteiger partial charge in [-0.15, -0.1) is 0 Å². The summed E-state index contributed by atoms with van der Waals surface area (Å²) in [4.78, 5) is 16.6. The van der Waals surface area contributed by atoms with E-state index in [2.05, 4.69) is 29.4 Å². The zero-order valence-corrected chi connectivity index (χ0v) is 28.0. The van der Waals surface area contributed by atoms with Gasteiger partial charge < -0.3 is 34.5 Å². The molecule has 240 valence electrons. The number of ether oxygens (including phenoxy) is 4. The van der Waals surface area contributed by atoms with Crippen LogP contribution in [0, 0.1) is 0 Å². The molecule has 0 saturated carbocycles. The van der Waals surface area contributed by atoms with Crippen LogP contribution in [0.15, 0.2) is 0 Å². The van der Waals surface area contributed by atoms with Gasteiger partial charge in [0.1, 0.15) is 0 Å². The van der Waals surface area contributed by atoms with E-state index in [1.165, 1.54) is 38.5 Å². The SMILES string of the molecule is CC.CC.CCCCCCNc1nc(NCCCCCC)nc(N(C2COC(C)(C)OC2)C2COC(C)(C)OC2)n1. The van der Waals surface area contributed by atoms with E-state index in [1.54, 1.807) is 0 Å². The number of anilines is 3. The second-order valence-electron chi connectivity index (χ2n) is 11.0. The van der Waals surface area contributed by atoms with Crippen LogP contribution in [0.1, 0.15) is 121 Å². The number of nitrogens with zero attached hydrogens (tertiary/aromatic N) is 4. The fourth-order valence-corrected chi connectivity index (χ4v) is 4.46. The van der Waals surface area contributed by atoms with Crippen molar-refractivity contribution in [3.05, 3.63) is 0 Å². The maximum atomic E-state index is 6.03. The molecular formula is C31H62N6O4. The Morgan fingerprint density at radius 3 is 1.32 bits per heavy atom. The Bertz CT molecular complexity index is 731. The molecule has 1 aromatic heterocycles. The molecule has 2 N–H and O–H groups in total. The number of nitrogens with one attached hydrogen (secondary N) is 2. The Labute approximate surface area is 251 Å². The molecular weight excluding hydrogens is 520 g/mol. The number of unbranched alkanes of at least 4 members (excludes halogenated alkanes) is 6. The van der Waals surface area contributed by atoms with Crippen LogP contribution >= 0.6 is 0 Å². The molecule has 0 radical (unpaired) electrons. The van der Waals surface area contributed by atoms with Crippen molar-refractivity contribution in [2.75, 3.05) is 55.1 Å². The van der Waals surface area contributed by atoms with Crippen molar-refractivity contribution in [2.24, 2.45) is 0 Å². The highest BCUT2D eigenvalue weighted by Crippen LogP contribution is 2.29. The summed E-state index contributed by atoms with van der Waals surface area (Å²) in [6.07, 6.45) is 9.43. The van der Waals surface area contributed by atoms with Gasteiger partial charge in [0.05, 0.1) is 38.5 Å². The topological polar surface area (TPSA) is 103 Å². The van der Waals surface area contributed by atoms with E-state index in [0.29, 0.717) is 44.3 Å². The summed E-state index contributed by atoms with van der Waals surface area (Å²) in [6.45, 7) is 23.8. The van der Waals surface area contributed by atoms with Gasteiger partial charge in [0.2, 0.25) is 17.8 Å².